The summed E-state index contributed by atoms with van der Waals surface area (Å²) in [5, 5.41) is 37.5. The fourth-order valence-corrected chi connectivity index (χ4v) is 3.87. The quantitative estimate of drug-likeness (QED) is 0.634. The van der Waals surface area contributed by atoms with Gasteiger partial charge in [0.2, 0.25) is 0 Å². The maximum Gasteiger partial charge on any atom is 0.177 e. The van der Waals surface area contributed by atoms with Gasteiger partial charge in [-0.25, -0.2) is 9.50 Å². The van der Waals surface area contributed by atoms with E-state index in [0.29, 0.717) is 22.5 Å². The first kappa shape index (κ1) is 17.0. The first-order chi connectivity index (χ1) is 12.1. The zero-order valence-corrected chi connectivity index (χ0v) is 14.3. The van der Waals surface area contributed by atoms with Gasteiger partial charge in [0.25, 0.3) is 0 Å². The summed E-state index contributed by atoms with van der Waals surface area (Å²) in [5.41, 5.74) is 1.85. The molecule has 2 aliphatic rings. The van der Waals surface area contributed by atoms with Gasteiger partial charge in [0, 0.05) is 12.1 Å². The van der Waals surface area contributed by atoms with E-state index < -0.39 is 24.4 Å². The molecule has 1 saturated heterocycles. The number of hydrogen-bond acceptors (Lipinski definition) is 7. The van der Waals surface area contributed by atoms with Crippen molar-refractivity contribution in [3.05, 3.63) is 23.1 Å². The van der Waals surface area contributed by atoms with E-state index in [9.17, 15) is 15.3 Å². The van der Waals surface area contributed by atoms with E-state index >= 15 is 0 Å². The molecule has 2 aromatic rings. The van der Waals surface area contributed by atoms with Crippen LogP contribution in [0.3, 0.4) is 0 Å². The van der Waals surface area contributed by atoms with Crippen LogP contribution in [0.1, 0.15) is 37.5 Å². The minimum Gasteiger partial charge on any atom is -0.394 e. The second-order valence-corrected chi connectivity index (χ2v) is 7.07. The van der Waals surface area contributed by atoms with E-state index in [-0.39, 0.29) is 6.61 Å². The fourth-order valence-electron chi connectivity index (χ4n) is 3.69. The molecule has 1 saturated carbocycles. The van der Waals surface area contributed by atoms with Crippen LogP contribution < -0.4 is 5.32 Å². The van der Waals surface area contributed by atoms with Gasteiger partial charge in [-0.05, 0) is 12.8 Å². The summed E-state index contributed by atoms with van der Waals surface area (Å²) < 4.78 is 7.11. The Morgan fingerprint density at radius 1 is 1.28 bits per heavy atom. The molecular formula is C16H21ClN4O4. The van der Waals surface area contributed by atoms with Crippen LogP contribution in [-0.4, -0.2) is 60.9 Å². The predicted molar refractivity (Wildman–Crippen MR) is 90.6 cm³/mol. The highest BCUT2D eigenvalue weighted by Crippen LogP contribution is 2.35. The van der Waals surface area contributed by atoms with Crippen molar-refractivity contribution in [3.63, 3.8) is 0 Å². The second-order valence-electron chi connectivity index (χ2n) is 6.68. The molecule has 4 rings (SSSR count). The van der Waals surface area contributed by atoms with Crippen molar-refractivity contribution in [2.45, 2.75) is 56.1 Å². The smallest absolute Gasteiger partial charge is 0.177 e. The van der Waals surface area contributed by atoms with E-state index in [0.717, 1.165) is 18.5 Å². The average Bonchev–Trinajstić information content (AvgIpc) is 3.29. The maximum absolute atomic E-state index is 10.3. The van der Waals surface area contributed by atoms with E-state index in [1.165, 1.54) is 17.4 Å². The molecule has 0 aromatic carbocycles. The first-order valence-electron chi connectivity index (χ1n) is 8.51. The lowest BCUT2D eigenvalue weighted by Crippen LogP contribution is -2.32. The van der Waals surface area contributed by atoms with Gasteiger partial charge in [0.05, 0.1) is 24.2 Å². The third-order valence-corrected chi connectivity index (χ3v) is 5.20. The van der Waals surface area contributed by atoms with Crippen LogP contribution in [0.25, 0.3) is 5.65 Å². The number of ether oxygens (including phenoxy) is 1. The molecular weight excluding hydrogens is 348 g/mol. The number of aromatic nitrogens is 3. The topological polar surface area (TPSA) is 112 Å². The predicted octanol–water partition coefficient (Wildman–Crippen LogP) is 0.891. The van der Waals surface area contributed by atoms with Crippen molar-refractivity contribution in [2.75, 3.05) is 11.9 Å². The molecule has 136 valence electrons. The summed E-state index contributed by atoms with van der Waals surface area (Å²) in [5.74, 6) is 0. The summed E-state index contributed by atoms with van der Waals surface area (Å²) in [6.07, 6.45) is 2.14. The maximum atomic E-state index is 10.3. The number of nitrogens with zero attached hydrogens (tertiary/aromatic N) is 3. The molecule has 2 aromatic heterocycles. The van der Waals surface area contributed by atoms with Crippen molar-refractivity contribution >= 4 is 22.9 Å². The average molecular weight is 369 g/mol. The standard InChI is InChI=1S/C16H21ClN4O4/c17-12-5-9(19-8-3-1-2-4-8)16-18-6-10(21(16)20-12)15-14(24)13(23)11(7-22)25-15/h5-6,8,11,13-15,19,22-24H,1-4,7H2/t11-,13-,14-,15+/m1/s1. The van der Waals surface area contributed by atoms with Gasteiger partial charge in [-0.2, -0.15) is 5.10 Å². The van der Waals surface area contributed by atoms with E-state index in [4.69, 9.17) is 16.3 Å². The Bertz CT molecular complexity index is 764. The normalized spacial score (nSPS) is 30.4. The fraction of sp³-hybridized carbons (Fsp3) is 0.625. The van der Waals surface area contributed by atoms with Crippen LogP contribution in [-0.2, 0) is 4.74 Å². The number of rotatable bonds is 4. The minimum atomic E-state index is -1.18. The van der Waals surface area contributed by atoms with Crippen molar-refractivity contribution in [1.82, 2.24) is 14.6 Å². The van der Waals surface area contributed by atoms with Crippen LogP contribution in [0.4, 0.5) is 5.69 Å². The number of imidazole rings is 1. The number of anilines is 1. The summed E-state index contributed by atoms with van der Waals surface area (Å²) in [6, 6.07) is 2.12. The molecule has 0 bridgehead atoms. The zero-order valence-electron chi connectivity index (χ0n) is 13.5. The van der Waals surface area contributed by atoms with Crippen molar-refractivity contribution in [2.24, 2.45) is 0 Å². The Labute approximate surface area is 149 Å². The van der Waals surface area contributed by atoms with Gasteiger partial charge in [0.15, 0.2) is 10.8 Å². The lowest BCUT2D eigenvalue weighted by Gasteiger charge is -2.16. The largest absolute Gasteiger partial charge is 0.394 e. The molecule has 4 atom stereocenters. The van der Waals surface area contributed by atoms with Crippen LogP contribution >= 0.6 is 11.6 Å². The molecule has 4 N–H and O–H groups in total. The highest BCUT2D eigenvalue weighted by Gasteiger charge is 2.44. The summed E-state index contributed by atoms with van der Waals surface area (Å²) in [6.45, 7) is -0.381. The number of aliphatic hydroxyl groups excluding tert-OH is 3. The number of aliphatic hydroxyl groups is 3. The summed E-state index contributed by atoms with van der Waals surface area (Å²) in [4.78, 5) is 4.40. The molecule has 8 nitrogen and oxygen atoms in total. The molecule has 0 radical (unpaired) electrons. The van der Waals surface area contributed by atoms with E-state index in [1.54, 1.807) is 12.3 Å². The number of halogens is 1. The van der Waals surface area contributed by atoms with E-state index in [1.807, 2.05) is 0 Å². The molecule has 1 aliphatic heterocycles. The number of fused-ring (bicyclic) bond motifs is 1. The van der Waals surface area contributed by atoms with Crippen molar-refractivity contribution < 1.29 is 20.1 Å². The number of nitrogens with one attached hydrogen (secondary N) is 1. The zero-order chi connectivity index (χ0) is 17.6. The van der Waals surface area contributed by atoms with Gasteiger partial charge >= 0.3 is 0 Å². The van der Waals surface area contributed by atoms with Crippen molar-refractivity contribution in [1.29, 1.82) is 0 Å². The molecule has 9 heteroatoms. The molecule has 0 spiro atoms. The second kappa shape index (κ2) is 6.69. The first-order valence-corrected chi connectivity index (χ1v) is 8.89. The Balaban J connectivity index is 1.70. The molecule has 3 heterocycles. The molecule has 25 heavy (non-hydrogen) atoms. The third kappa shape index (κ3) is 2.98. The summed E-state index contributed by atoms with van der Waals surface area (Å²) >= 11 is 6.17. The third-order valence-electron chi connectivity index (χ3n) is 5.01. The Morgan fingerprint density at radius 3 is 2.72 bits per heavy atom. The lowest BCUT2D eigenvalue weighted by molar-refractivity contribution is -0.0244. The number of hydrogen-bond donors (Lipinski definition) is 4. The minimum absolute atomic E-state index is 0.291. The molecule has 1 aliphatic carbocycles. The highest BCUT2D eigenvalue weighted by molar-refractivity contribution is 6.29. The SMILES string of the molecule is OC[C@H]1O[C@@H](c2cnc3c(NC4CCCC4)cc(Cl)nn23)[C@H](O)[C@@H]1O. The van der Waals surface area contributed by atoms with Crippen LogP contribution in [0.15, 0.2) is 12.3 Å². The van der Waals surface area contributed by atoms with Crippen LogP contribution in [0.5, 0.6) is 0 Å². The van der Waals surface area contributed by atoms with Crippen LogP contribution in [0, 0.1) is 0 Å². The van der Waals surface area contributed by atoms with Gasteiger partial charge < -0.3 is 25.4 Å². The van der Waals surface area contributed by atoms with Crippen molar-refractivity contribution in [3.8, 4) is 0 Å². The Morgan fingerprint density at radius 2 is 2.04 bits per heavy atom. The molecule has 0 amide bonds. The van der Waals surface area contributed by atoms with Gasteiger partial charge in [-0.3, -0.25) is 0 Å². The van der Waals surface area contributed by atoms with Crippen LogP contribution in [0.2, 0.25) is 5.15 Å². The Hall–Kier alpha value is -1.45. The summed E-state index contributed by atoms with van der Waals surface area (Å²) in [7, 11) is 0. The van der Waals surface area contributed by atoms with Gasteiger partial charge in [0.1, 0.15) is 24.4 Å². The Kier molecular flexibility index (Phi) is 4.55. The molecule has 2 fully saturated rings. The van der Waals surface area contributed by atoms with E-state index in [2.05, 4.69) is 15.4 Å². The molecule has 0 unspecified atom stereocenters. The van der Waals surface area contributed by atoms with Gasteiger partial charge in [-0.15, -0.1) is 0 Å². The van der Waals surface area contributed by atoms with Gasteiger partial charge in [-0.1, -0.05) is 24.4 Å². The monoisotopic (exact) mass is 368 g/mol. The highest BCUT2D eigenvalue weighted by atomic mass is 35.5. The lowest BCUT2D eigenvalue weighted by atomic mass is 10.1.